The molecule has 1 aromatic heterocycles. The Morgan fingerprint density at radius 2 is 2.44 bits per heavy atom. The first-order valence-electron chi connectivity index (χ1n) is 6.13. The van der Waals surface area contributed by atoms with E-state index in [0.717, 1.165) is 25.3 Å². The van der Waals surface area contributed by atoms with Crippen molar-refractivity contribution in [3.63, 3.8) is 0 Å². The molecule has 0 bridgehead atoms. The van der Waals surface area contributed by atoms with E-state index in [-0.39, 0.29) is 0 Å². The lowest BCUT2D eigenvalue weighted by molar-refractivity contribution is 0.105. The van der Waals surface area contributed by atoms with E-state index < -0.39 is 0 Å². The molecule has 0 amide bonds. The van der Waals surface area contributed by atoms with Gasteiger partial charge in [0.15, 0.2) is 0 Å². The van der Waals surface area contributed by atoms with Crippen molar-refractivity contribution < 1.29 is 9.15 Å². The summed E-state index contributed by atoms with van der Waals surface area (Å²) in [6.07, 6.45) is 4.27. The summed E-state index contributed by atoms with van der Waals surface area (Å²) in [5.74, 6) is 1.72. The van der Waals surface area contributed by atoms with Gasteiger partial charge in [-0.3, -0.25) is 0 Å². The predicted octanol–water partition coefficient (Wildman–Crippen LogP) is 2.23. The predicted molar refractivity (Wildman–Crippen MR) is 63.4 cm³/mol. The fourth-order valence-corrected chi connectivity index (χ4v) is 2.20. The first kappa shape index (κ1) is 11.7. The molecule has 1 aliphatic rings. The van der Waals surface area contributed by atoms with Crippen LogP contribution in [0.3, 0.4) is 0 Å². The van der Waals surface area contributed by atoms with Gasteiger partial charge in [-0.15, -0.1) is 0 Å². The van der Waals surface area contributed by atoms with E-state index in [9.17, 15) is 0 Å². The highest BCUT2D eigenvalue weighted by Crippen LogP contribution is 2.19. The van der Waals surface area contributed by atoms with E-state index in [4.69, 9.17) is 9.15 Å². The van der Waals surface area contributed by atoms with Gasteiger partial charge in [0.05, 0.1) is 12.4 Å². The van der Waals surface area contributed by atoms with E-state index in [1.54, 1.807) is 6.26 Å². The Bertz CT molecular complexity index is 297. The van der Waals surface area contributed by atoms with Gasteiger partial charge in [0.1, 0.15) is 5.76 Å². The summed E-state index contributed by atoms with van der Waals surface area (Å²) < 4.78 is 10.9. The minimum absolute atomic E-state index is 0.406. The van der Waals surface area contributed by atoms with Crippen molar-refractivity contribution in [2.75, 3.05) is 13.2 Å². The molecule has 0 spiro atoms. The Morgan fingerprint density at radius 3 is 3.06 bits per heavy atom. The minimum atomic E-state index is 0.406. The molecule has 1 N–H and O–H groups in total. The van der Waals surface area contributed by atoms with Crippen LogP contribution in [0.4, 0.5) is 0 Å². The summed E-state index contributed by atoms with van der Waals surface area (Å²) in [6.45, 7) is 6.32. The number of hydrogen-bond acceptors (Lipinski definition) is 3. The molecule has 1 saturated heterocycles. The van der Waals surface area contributed by atoms with Crippen LogP contribution < -0.4 is 5.32 Å². The van der Waals surface area contributed by atoms with E-state index >= 15 is 0 Å². The fraction of sp³-hybridized carbons (Fsp3) is 0.692. The Kier molecular flexibility index (Phi) is 4.02. The summed E-state index contributed by atoms with van der Waals surface area (Å²) in [7, 11) is 0. The van der Waals surface area contributed by atoms with E-state index in [0.29, 0.717) is 18.1 Å². The van der Waals surface area contributed by atoms with Gasteiger partial charge in [0, 0.05) is 25.6 Å². The van der Waals surface area contributed by atoms with Crippen LogP contribution in [0.2, 0.25) is 0 Å². The zero-order valence-corrected chi connectivity index (χ0v) is 10.1. The molecule has 1 fully saturated rings. The van der Waals surface area contributed by atoms with Crippen molar-refractivity contribution in [2.45, 2.75) is 38.8 Å². The van der Waals surface area contributed by atoms with E-state index in [2.05, 4.69) is 19.2 Å². The van der Waals surface area contributed by atoms with Gasteiger partial charge >= 0.3 is 0 Å². The van der Waals surface area contributed by atoms with Crippen molar-refractivity contribution in [1.82, 2.24) is 5.32 Å². The van der Waals surface area contributed by atoms with Gasteiger partial charge < -0.3 is 14.5 Å². The molecule has 2 heterocycles. The molecular weight excluding hydrogens is 202 g/mol. The number of rotatable bonds is 5. The van der Waals surface area contributed by atoms with Crippen LogP contribution in [-0.4, -0.2) is 25.3 Å². The molecule has 1 aliphatic heterocycles. The summed E-state index contributed by atoms with van der Waals surface area (Å²) in [5, 5.41) is 3.55. The van der Waals surface area contributed by atoms with Gasteiger partial charge in [0.25, 0.3) is 0 Å². The third kappa shape index (κ3) is 3.09. The number of ether oxygens (including phenoxy) is 1. The van der Waals surface area contributed by atoms with E-state index in [1.807, 2.05) is 12.1 Å². The van der Waals surface area contributed by atoms with Gasteiger partial charge in [-0.05, 0) is 38.3 Å². The zero-order valence-electron chi connectivity index (χ0n) is 10.1. The molecule has 1 aromatic rings. The van der Waals surface area contributed by atoms with Crippen LogP contribution in [0.5, 0.6) is 0 Å². The topological polar surface area (TPSA) is 34.4 Å². The maximum atomic E-state index is 5.55. The summed E-state index contributed by atoms with van der Waals surface area (Å²) in [4.78, 5) is 0. The maximum Gasteiger partial charge on any atom is 0.105 e. The lowest BCUT2D eigenvalue weighted by atomic mass is 10.0. The maximum absolute atomic E-state index is 5.55. The third-order valence-electron chi connectivity index (χ3n) is 3.35. The Morgan fingerprint density at radius 1 is 1.56 bits per heavy atom. The molecule has 3 heteroatoms. The molecule has 3 atom stereocenters. The van der Waals surface area contributed by atoms with Crippen molar-refractivity contribution in [3.8, 4) is 0 Å². The standard InChI is InChI=1S/C13H21NO2/c1-10(8-13-4-3-6-16-13)14-9-12-5-7-15-11(12)2/h3-4,6,10-12,14H,5,7-9H2,1-2H3. The van der Waals surface area contributed by atoms with Gasteiger partial charge in [-0.25, -0.2) is 0 Å². The molecule has 16 heavy (non-hydrogen) atoms. The smallest absolute Gasteiger partial charge is 0.105 e. The van der Waals surface area contributed by atoms with Crippen molar-refractivity contribution in [2.24, 2.45) is 5.92 Å². The SMILES string of the molecule is CC(Cc1ccco1)NCC1CCOC1C. The number of hydrogen-bond donors (Lipinski definition) is 1. The minimum Gasteiger partial charge on any atom is -0.469 e. The zero-order chi connectivity index (χ0) is 11.4. The average molecular weight is 223 g/mol. The third-order valence-corrected chi connectivity index (χ3v) is 3.35. The molecule has 3 unspecified atom stereocenters. The lowest BCUT2D eigenvalue weighted by Crippen LogP contribution is -2.34. The Balaban J connectivity index is 1.69. The summed E-state index contributed by atoms with van der Waals surface area (Å²) >= 11 is 0. The first-order valence-corrected chi connectivity index (χ1v) is 6.13. The largest absolute Gasteiger partial charge is 0.469 e. The van der Waals surface area contributed by atoms with Crippen LogP contribution >= 0.6 is 0 Å². The quantitative estimate of drug-likeness (QED) is 0.831. The second kappa shape index (κ2) is 5.51. The number of nitrogens with one attached hydrogen (secondary N) is 1. The van der Waals surface area contributed by atoms with Gasteiger partial charge in [0.2, 0.25) is 0 Å². The highest BCUT2D eigenvalue weighted by molar-refractivity contribution is 5.00. The first-order chi connectivity index (χ1) is 7.75. The van der Waals surface area contributed by atoms with Crippen LogP contribution in [0.15, 0.2) is 22.8 Å². The molecule has 2 rings (SSSR count). The molecule has 90 valence electrons. The average Bonchev–Trinajstić information content (AvgIpc) is 2.87. The second-order valence-electron chi connectivity index (χ2n) is 4.72. The van der Waals surface area contributed by atoms with Crippen molar-refractivity contribution in [3.05, 3.63) is 24.2 Å². The molecule has 0 aliphatic carbocycles. The Labute approximate surface area is 97.2 Å². The summed E-state index contributed by atoms with van der Waals surface area (Å²) in [6, 6.07) is 4.42. The van der Waals surface area contributed by atoms with Gasteiger partial charge in [-0.1, -0.05) is 0 Å². The monoisotopic (exact) mass is 223 g/mol. The van der Waals surface area contributed by atoms with Crippen LogP contribution in [-0.2, 0) is 11.2 Å². The van der Waals surface area contributed by atoms with Crippen LogP contribution in [0.1, 0.15) is 26.0 Å². The molecular formula is C13H21NO2. The van der Waals surface area contributed by atoms with Crippen LogP contribution in [0.25, 0.3) is 0 Å². The molecule has 3 nitrogen and oxygen atoms in total. The van der Waals surface area contributed by atoms with Crippen molar-refractivity contribution >= 4 is 0 Å². The van der Waals surface area contributed by atoms with E-state index in [1.165, 1.54) is 6.42 Å². The highest BCUT2D eigenvalue weighted by Gasteiger charge is 2.24. The summed E-state index contributed by atoms with van der Waals surface area (Å²) in [5.41, 5.74) is 0. The Hall–Kier alpha value is -0.800. The second-order valence-corrected chi connectivity index (χ2v) is 4.72. The lowest BCUT2D eigenvalue weighted by Gasteiger charge is -2.18. The molecule has 0 radical (unpaired) electrons. The van der Waals surface area contributed by atoms with Gasteiger partial charge in [-0.2, -0.15) is 0 Å². The number of furan rings is 1. The highest BCUT2D eigenvalue weighted by atomic mass is 16.5. The van der Waals surface area contributed by atoms with Crippen LogP contribution in [0, 0.1) is 5.92 Å². The molecule has 0 aromatic carbocycles. The normalized spacial score (nSPS) is 27.1. The molecule has 0 saturated carbocycles. The fourth-order valence-electron chi connectivity index (χ4n) is 2.20. The van der Waals surface area contributed by atoms with Crippen molar-refractivity contribution in [1.29, 1.82) is 0 Å².